The highest BCUT2D eigenvalue weighted by Gasteiger charge is 2.09. The third-order valence-electron chi connectivity index (χ3n) is 3.15. The molecule has 2 aromatic rings. The highest BCUT2D eigenvalue weighted by molar-refractivity contribution is 5.94. The molecular formula is C17H18N2O6. The highest BCUT2D eigenvalue weighted by Crippen LogP contribution is 2.18. The number of nitrogens with zero attached hydrogens (tertiary/aromatic N) is 1. The van der Waals surface area contributed by atoms with Gasteiger partial charge in [0.2, 0.25) is 0 Å². The topological polar surface area (TPSA) is 115 Å². The fraction of sp³-hybridized carbons (Fsp3) is 0.235. The van der Waals surface area contributed by atoms with Gasteiger partial charge in [-0.1, -0.05) is 18.2 Å². The molecular weight excluding hydrogens is 328 g/mol. The molecule has 1 unspecified atom stereocenters. The number of nitro groups is 1. The summed E-state index contributed by atoms with van der Waals surface area (Å²) in [4.78, 5) is 21.9. The van der Waals surface area contributed by atoms with Gasteiger partial charge in [0.25, 0.3) is 5.91 Å². The third kappa shape index (κ3) is 5.87. The summed E-state index contributed by atoms with van der Waals surface area (Å²) in [5, 5.41) is 22.2. The van der Waals surface area contributed by atoms with Crippen LogP contribution in [0.2, 0.25) is 0 Å². The van der Waals surface area contributed by atoms with Gasteiger partial charge in [-0.05, 0) is 36.8 Å². The zero-order chi connectivity index (χ0) is 18.2. The predicted molar refractivity (Wildman–Crippen MR) is 90.7 cm³/mol. The lowest BCUT2D eigenvalue weighted by Crippen LogP contribution is -2.28. The normalized spacial score (nSPS) is 12.2. The summed E-state index contributed by atoms with van der Waals surface area (Å²) >= 11 is 0. The molecule has 0 spiro atoms. The Bertz CT molecular complexity index is 749. The molecule has 0 aliphatic rings. The molecule has 0 aliphatic heterocycles. The minimum absolute atomic E-state index is 0.222. The number of carbonyl (C=O) groups excluding carboxylic acids is 1. The van der Waals surface area contributed by atoms with E-state index in [0.717, 1.165) is 5.56 Å². The van der Waals surface area contributed by atoms with Crippen LogP contribution in [0.5, 0.6) is 0 Å². The van der Waals surface area contributed by atoms with E-state index in [0.29, 0.717) is 17.9 Å². The van der Waals surface area contributed by atoms with Gasteiger partial charge in [0.1, 0.15) is 10.7 Å². The second-order valence-corrected chi connectivity index (χ2v) is 5.11. The van der Waals surface area contributed by atoms with Crippen molar-refractivity contribution in [2.45, 2.75) is 13.2 Å². The number of carbonyl (C=O) groups is 1. The number of furan rings is 1. The molecule has 2 rings (SSSR count). The van der Waals surface area contributed by atoms with Crippen LogP contribution in [0.3, 0.4) is 0 Å². The largest absolute Gasteiger partial charge is 0.433 e. The van der Waals surface area contributed by atoms with Crippen LogP contribution in [-0.2, 0) is 4.74 Å². The first-order valence-corrected chi connectivity index (χ1v) is 7.56. The Hall–Kier alpha value is -2.97. The van der Waals surface area contributed by atoms with Crippen molar-refractivity contribution in [2.24, 2.45) is 0 Å². The molecule has 1 heterocycles. The summed E-state index contributed by atoms with van der Waals surface area (Å²) in [6, 6.07) is 9.61. The molecule has 1 aromatic carbocycles. The third-order valence-corrected chi connectivity index (χ3v) is 3.15. The van der Waals surface area contributed by atoms with Crippen LogP contribution < -0.4 is 5.32 Å². The van der Waals surface area contributed by atoms with Crippen LogP contribution in [0.15, 0.2) is 40.8 Å². The van der Waals surface area contributed by atoms with Crippen molar-refractivity contribution in [1.82, 2.24) is 5.32 Å². The van der Waals surface area contributed by atoms with Gasteiger partial charge in [-0.3, -0.25) is 14.9 Å². The zero-order valence-corrected chi connectivity index (χ0v) is 13.5. The molecule has 132 valence electrons. The molecule has 1 amide bonds. The number of nitrogens with one attached hydrogen (secondary N) is 1. The minimum Gasteiger partial charge on any atom is -0.401 e. The van der Waals surface area contributed by atoms with Gasteiger partial charge in [0.05, 0.1) is 12.7 Å². The summed E-state index contributed by atoms with van der Waals surface area (Å²) in [7, 11) is 0. The number of hydrogen-bond donors (Lipinski definition) is 2. The second-order valence-electron chi connectivity index (χ2n) is 5.11. The molecule has 0 saturated heterocycles. The quantitative estimate of drug-likeness (QED) is 0.328. The van der Waals surface area contributed by atoms with E-state index in [1.54, 1.807) is 36.4 Å². The molecule has 0 bridgehead atoms. The lowest BCUT2D eigenvalue weighted by Gasteiger charge is -2.08. The standard InChI is InChI=1S/C17H18N2O6/c1-12(20)24-11-10-18-17(21)14-5-2-13(3-6-14)4-7-15-8-9-16(25-15)19(22)23/h2-9,12,20H,10-11H2,1H3,(H,18,21). The summed E-state index contributed by atoms with van der Waals surface area (Å²) in [5.74, 6) is -0.191. The summed E-state index contributed by atoms with van der Waals surface area (Å²) < 4.78 is 9.94. The van der Waals surface area contributed by atoms with E-state index < -0.39 is 11.2 Å². The molecule has 1 aromatic heterocycles. The maximum Gasteiger partial charge on any atom is 0.433 e. The van der Waals surface area contributed by atoms with E-state index in [4.69, 9.17) is 14.3 Å². The molecule has 25 heavy (non-hydrogen) atoms. The molecule has 2 N–H and O–H groups in total. The average molecular weight is 346 g/mol. The van der Waals surface area contributed by atoms with Gasteiger partial charge >= 0.3 is 5.88 Å². The Morgan fingerprint density at radius 1 is 1.32 bits per heavy atom. The highest BCUT2D eigenvalue weighted by atomic mass is 16.6. The molecule has 1 atom stereocenters. The first-order chi connectivity index (χ1) is 12.0. The van der Waals surface area contributed by atoms with Crippen molar-refractivity contribution < 1.29 is 24.0 Å². The van der Waals surface area contributed by atoms with Gasteiger partial charge in [0.15, 0.2) is 6.29 Å². The average Bonchev–Trinajstić information content (AvgIpc) is 3.06. The lowest BCUT2D eigenvalue weighted by atomic mass is 10.1. The Kier molecular flexibility index (Phi) is 6.44. The van der Waals surface area contributed by atoms with Crippen molar-refractivity contribution >= 4 is 23.9 Å². The molecule has 0 radical (unpaired) electrons. The SMILES string of the molecule is CC(O)OCCNC(=O)c1ccc(C=Cc2ccc([N+](=O)[O-])o2)cc1. The van der Waals surface area contributed by atoms with Gasteiger partial charge in [-0.25, -0.2) is 0 Å². The summed E-state index contributed by atoms with van der Waals surface area (Å²) in [5.41, 5.74) is 1.30. The van der Waals surface area contributed by atoms with E-state index >= 15 is 0 Å². The lowest BCUT2D eigenvalue weighted by molar-refractivity contribution is -0.402. The first-order valence-electron chi connectivity index (χ1n) is 7.56. The number of aliphatic hydroxyl groups excluding tert-OH is 1. The second kappa shape index (κ2) is 8.76. The van der Waals surface area contributed by atoms with Crippen LogP contribution in [0.1, 0.15) is 28.6 Å². The van der Waals surface area contributed by atoms with Crippen LogP contribution in [0.4, 0.5) is 5.88 Å². The van der Waals surface area contributed by atoms with Gasteiger partial charge in [-0.15, -0.1) is 0 Å². The van der Waals surface area contributed by atoms with E-state index in [9.17, 15) is 14.9 Å². The van der Waals surface area contributed by atoms with Crippen LogP contribution in [0, 0.1) is 10.1 Å². The summed E-state index contributed by atoms with van der Waals surface area (Å²) in [6.45, 7) is 2.01. The van der Waals surface area contributed by atoms with Crippen LogP contribution in [0.25, 0.3) is 12.2 Å². The zero-order valence-electron chi connectivity index (χ0n) is 13.5. The van der Waals surface area contributed by atoms with Crippen molar-refractivity contribution in [3.05, 3.63) is 63.4 Å². The Labute approximate surface area is 143 Å². The number of amides is 1. The van der Waals surface area contributed by atoms with E-state index in [2.05, 4.69) is 5.32 Å². The molecule has 8 nitrogen and oxygen atoms in total. The molecule has 0 fully saturated rings. The van der Waals surface area contributed by atoms with Gasteiger partial charge in [0, 0.05) is 12.1 Å². The van der Waals surface area contributed by atoms with Crippen molar-refractivity contribution in [3.8, 4) is 0 Å². The Morgan fingerprint density at radius 2 is 2.04 bits per heavy atom. The predicted octanol–water partition coefficient (Wildman–Crippen LogP) is 2.44. The van der Waals surface area contributed by atoms with Crippen molar-refractivity contribution in [3.63, 3.8) is 0 Å². The minimum atomic E-state index is -0.862. The first kappa shape index (κ1) is 18.4. The van der Waals surface area contributed by atoms with E-state index in [1.165, 1.54) is 19.1 Å². The number of ether oxygens (including phenoxy) is 1. The number of benzene rings is 1. The monoisotopic (exact) mass is 346 g/mol. The molecule has 8 heteroatoms. The van der Waals surface area contributed by atoms with Crippen LogP contribution >= 0.6 is 0 Å². The van der Waals surface area contributed by atoms with Gasteiger partial charge in [-0.2, -0.15) is 0 Å². The van der Waals surface area contributed by atoms with Crippen molar-refractivity contribution in [1.29, 1.82) is 0 Å². The number of rotatable bonds is 8. The number of hydrogen-bond acceptors (Lipinski definition) is 6. The molecule has 0 saturated carbocycles. The summed E-state index contributed by atoms with van der Waals surface area (Å²) in [6.07, 6.45) is 2.47. The number of aliphatic hydroxyl groups is 1. The Morgan fingerprint density at radius 3 is 2.64 bits per heavy atom. The molecule has 0 aliphatic carbocycles. The van der Waals surface area contributed by atoms with Crippen LogP contribution in [-0.4, -0.2) is 35.4 Å². The van der Waals surface area contributed by atoms with E-state index in [1.807, 2.05) is 0 Å². The smallest absolute Gasteiger partial charge is 0.401 e. The maximum atomic E-state index is 11.9. The van der Waals surface area contributed by atoms with Gasteiger partial charge < -0.3 is 19.6 Å². The maximum absolute atomic E-state index is 11.9. The van der Waals surface area contributed by atoms with E-state index in [-0.39, 0.29) is 18.4 Å². The Balaban J connectivity index is 1.89. The fourth-order valence-corrected chi connectivity index (χ4v) is 1.95. The van der Waals surface area contributed by atoms with Crippen molar-refractivity contribution in [2.75, 3.05) is 13.2 Å². The fourth-order valence-electron chi connectivity index (χ4n) is 1.95.